The van der Waals surface area contributed by atoms with E-state index in [1.165, 1.54) is 4.90 Å². The Bertz CT molecular complexity index is 838. The Labute approximate surface area is 173 Å². The maximum absolute atomic E-state index is 13.1. The third-order valence-corrected chi connectivity index (χ3v) is 6.73. The monoisotopic (exact) mass is 424 g/mol. The molecule has 0 radical (unpaired) electrons. The van der Waals surface area contributed by atoms with Gasteiger partial charge in [0.25, 0.3) is 0 Å². The van der Waals surface area contributed by atoms with Crippen molar-refractivity contribution in [3.8, 4) is 0 Å². The first-order chi connectivity index (χ1) is 13.2. The van der Waals surface area contributed by atoms with Crippen LogP contribution < -0.4 is 5.32 Å². The van der Waals surface area contributed by atoms with Gasteiger partial charge in [-0.15, -0.1) is 0 Å². The minimum absolute atomic E-state index is 0.0262. The smallest absolute Gasteiger partial charge is 0.410 e. The number of hydrogen-bond donors (Lipinski definition) is 1. The van der Waals surface area contributed by atoms with Crippen LogP contribution in [0, 0.1) is 0 Å². The average molecular weight is 425 g/mol. The van der Waals surface area contributed by atoms with Gasteiger partial charge in [0, 0.05) is 12.1 Å². The van der Waals surface area contributed by atoms with Crippen molar-refractivity contribution in [1.29, 1.82) is 0 Å². The standard InChI is InChI=1S/C21H32N2O5S/c1-20(2,3)22-18(24)17-14-16(29(26,27)15-10-8-7-9-11-15)12-13-23(17)19(25)28-21(4,5)6/h7-11,16-17H,12-14H2,1-6H3,(H,22,24)/t16-,17+/m1/s1. The van der Waals surface area contributed by atoms with E-state index < -0.39 is 38.4 Å². The number of nitrogens with zero attached hydrogens (tertiary/aromatic N) is 1. The van der Waals surface area contributed by atoms with Gasteiger partial charge in [0.2, 0.25) is 5.91 Å². The summed E-state index contributed by atoms with van der Waals surface area (Å²) in [5, 5.41) is 2.11. The van der Waals surface area contributed by atoms with E-state index in [-0.39, 0.29) is 30.2 Å². The lowest BCUT2D eigenvalue weighted by molar-refractivity contribution is -0.129. The lowest BCUT2D eigenvalue weighted by atomic mass is 9.99. The normalized spacial score (nSPS) is 20.8. The SMILES string of the molecule is CC(C)(C)NC(=O)[C@@H]1C[C@H](S(=O)(=O)c2ccccc2)CCN1C(=O)OC(C)(C)C. The zero-order valence-corrected chi connectivity index (χ0v) is 18.9. The fraction of sp³-hybridized carbons (Fsp3) is 0.619. The lowest BCUT2D eigenvalue weighted by Crippen LogP contribution is -2.58. The van der Waals surface area contributed by atoms with E-state index in [2.05, 4.69) is 5.32 Å². The van der Waals surface area contributed by atoms with Crippen molar-refractivity contribution in [1.82, 2.24) is 10.2 Å². The second kappa shape index (κ2) is 8.34. The summed E-state index contributed by atoms with van der Waals surface area (Å²) < 4.78 is 31.6. The van der Waals surface area contributed by atoms with E-state index in [0.29, 0.717) is 0 Å². The molecule has 0 aliphatic carbocycles. The Morgan fingerprint density at radius 2 is 1.66 bits per heavy atom. The summed E-state index contributed by atoms with van der Waals surface area (Å²) in [6, 6.07) is 7.30. The zero-order chi connectivity index (χ0) is 22.0. The molecule has 0 spiro atoms. The first-order valence-electron chi connectivity index (χ1n) is 9.81. The molecule has 29 heavy (non-hydrogen) atoms. The molecular formula is C21H32N2O5S. The predicted octanol–water partition coefficient (Wildman–Crippen LogP) is 3.14. The van der Waals surface area contributed by atoms with E-state index in [1.54, 1.807) is 51.1 Å². The molecule has 1 aromatic carbocycles. The molecule has 1 aliphatic heterocycles. The molecule has 7 nitrogen and oxygen atoms in total. The van der Waals surface area contributed by atoms with Crippen LogP contribution in [0.1, 0.15) is 54.4 Å². The van der Waals surface area contributed by atoms with Gasteiger partial charge in [0.15, 0.2) is 9.84 Å². The molecule has 8 heteroatoms. The highest BCUT2D eigenvalue weighted by atomic mass is 32.2. The topological polar surface area (TPSA) is 92.8 Å². The average Bonchev–Trinajstić information content (AvgIpc) is 2.59. The van der Waals surface area contributed by atoms with E-state index >= 15 is 0 Å². The minimum atomic E-state index is -3.62. The number of carbonyl (C=O) groups excluding carboxylic acids is 2. The molecule has 0 unspecified atom stereocenters. The fourth-order valence-corrected chi connectivity index (χ4v) is 5.03. The summed E-state index contributed by atoms with van der Waals surface area (Å²) in [6.07, 6.45) is -0.337. The van der Waals surface area contributed by atoms with Gasteiger partial charge in [-0.2, -0.15) is 0 Å². The number of piperidine rings is 1. The number of ether oxygens (including phenoxy) is 1. The Morgan fingerprint density at radius 3 is 2.17 bits per heavy atom. The fourth-order valence-electron chi connectivity index (χ4n) is 3.26. The van der Waals surface area contributed by atoms with Crippen molar-refractivity contribution < 1.29 is 22.7 Å². The second-order valence-electron chi connectivity index (χ2n) is 9.43. The van der Waals surface area contributed by atoms with E-state index in [4.69, 9.17) is 4.74 Å². The van der Waals surface area contributed by atoms with Crippen molar-refractivity contribution in [3.63, 3.8) is 0 Å². The van der Waals surface area contributed by atoms with Gasteiger partial charge in [-0.3, -0.25) is 9.69 Å². The van der Waals surface area contributed by atoms with Crippen molar-refractivity contribution in [2.24, 2.45) is 0 Å². The van der Waals surface area contributed by atoms with E-state index in [9.17, 15) is 18.0 Å². The predicted molar refractivity (Wildman–Crippen MR) is 111 cm³/mol. The van der Waals surface area contributed by atoms with Gasteiger partial charge in [-0.25, -0.2) is 13.2 Å². The van der Waals surface area contributed by atoms with Gasteiger partial charge in [0.1, 0.15) is 11.6 Å². The van der Waals surface area contributed by atoms with Crippen LogP contribution >= 0.6 is 0 Å². The van der Waals surface area contributed by atoms with Crippen LogP contribution in [0.15, 0.2) is 35.2 Å². The molecule has 1 fully saturated rings. The maximum atomic E-state index is 13.1. The Kier molecular flexibility index (Phi) is 6.67. The maximum Gasteiger partial charge on any atom is 0.410 e. The summed E-state index contributed by atoms with van der Waals surface area (Å²) in [4.78, 5) is 27.2. The molecule has 0 bridgehead atoms. The molecule has 2 amide bonds. The second-order valence-corrected chi connectivity index (χ2v) is 11.7. The molecule has 2 rings (SSSR count). The zero-order valence-electron chi connectivity index (χ0n) is 18.1. The van der Waals surface area contributed by atoms with Crippen LogP contribution in [0.25, 0.3) is 0 Å². The number of hydrogen-bond acceptors (Lipinski definition) is 5. The molecule has 2 atom stereocenters. The quantitative estimate of drug-likeness (QED) is 0.805. The lowest BCUT2D eigenvalue weighted by Gasteiger charge is -2.39. The number of amides is 2. The summed E-state index contributed by atoms with van der Waals surface area (Å²) in [6.45, 7) is 10.9. The molecule has 1 saturated heterocycles. The molecule has 1 N–H and O–H groups in total. The van der Waals surface area contributed by atoms with Crippen molar-refractivity contribution in [2.45, 2.75) is 81.7 Å². The van der Waals surface area contributed by atoms with Gasteiger partial charge >= 0.3 is 6.09 Å². The summed E-state index contributed by atoms with van der Waals surface area (Å²) >= 11 is 0. The Balaban J connectivity index is 2.31. The minimum Gasteiger partial charge on any atom is -0.444 e. The van der Waals surface area contributed by atoms with Crippen LogP contribution in [-0.4, -0.2) is 54.3 Å². The molecule has 0 aromatic heterocycles. The first-order valence-corrected chi connectivity index (χ1v) is 11.4. The van der Waals surface area contributed by atoms with Crippen molar-refractivity contribution in [3.05, 3.63) is 30.3 Å². The van der Waals surface area contributed by atoms with Gasteiger partial charge in [-0.1, -0.05) is 18.2 Å². The molecule has 1 aliphatic rings. The number of likely N-dealkylation sites (tertiary alicyclic amines) is 1. The number of sulfone groups is 1. The summed E-state index contributed by atoms with van der Waals surface area (Å²) in [5.41, 5.74) is -1.23. The van der Waals surface area contributed by atoms with Crippen molar-refractivity contribution in [2.75, 3.05) is 6.54 Å². The molecule has 1 heterocycles. The first kappa shape index (κ1) is 23.2. The highest BCUT2D eigenvalue weighted by Gasteiger charge is 2.43. The van der Waals surface area contributed by atoms with Crippen LogP contribution in [0.2, 0.25) is 0 Å². The van der Waals surface area contributed by atoms with Gasteiger partial charge < -0.3 is 10.1 Å². The van der Waals surface area contributed by atoms with Gasteiger partial charge in [0.05, 0.1) is 10.1 Å². The van der Waals surface area contributed by atoms with Crippen LogP contribution in [0.5, 0.6) is 0 Å². The third kappa shape index (κ3) is 6.19. The van der Waals surface area contributed by atoms with Crippen LogP contribution in [0.4, 0.5) is 4.79 Å². The van der Waals surface area contributed by atoms with Gasteiger partial charge in [-0.05, 0) is 66.5 Å². The summed E-state index contributed by atoms with van der Waals surface area (Å²) in [5.74, 6) is -0.378. The number of carbonyl (C=O) groups is 2. The Morgan fingerprint density at radius 1 is 1.07 bits per heavy atom. The third-order valence-electron chi connectivity index (χ3n) is 4.49. The largest absolute Gasteiger partial charge is 0.444 e. The van der Waals surface area contributed by atoms with Crippen molar-refractivity contribution >= 4 is 21.8 Å². The molecule has 162 valence electrons. The van der Waals surface area contributed by atoms with Crippen LogP contribution in [0.3, 0.4) is 0 Å². The van der Waals surface area contributed by atoms with Crippen LogP contribution in [-0.2, 0) is 19.4 Å². The van der Waals surface area contributed by atoms with E-state index in [0.717, 1.165) is 0 Å². The highest BCUT2D eigenvalue weighted by Crippen LogP contribution is 2.29. The highest BCUT2D eigenvalue weighted by molar-refractivity contribution is 7.92. The van der Waals surface area contributed by atoms with E-state index in [1.807, 2.05) is 20.8 Å². The Hall–Kier alpha value is -2.09. The number of benzene rings is 1. The number of nitrogens with one attached hydrogen (secondary N) is 1. The number of rotatable bonds is 3. The molecule has 0 saturated carbocycles. The molecule has 1 aromatic rings. The molecular weight excluding hydrogens is 392 g/mol. The summed E-state index contributed by atoms with van der Waals surface area (Å²) in [7, 11) is -3.62.